The lowest BCUT2D eigenvalue weighted by Gasteiger charge is -2.37. The van der Waals surface area contributed by atoms with E-state index >= 15 is 0 Å². The highest BCUT2D eigenvalue weighted by Crippen LogP contribution is 2.32. The first-order valence-electron chi connectivity index (χ1n) is 6.24. The van der Waals surface area contributed by atoms with E-state index in [1.807, 2.05) is 7.11 Å². The second-order valence-electron chi connectivity index (χ2n) is 4.72. The van der Waals surface area contributed by atoms with Crippen LogP contribution in [0.2, 0.25) is 0 Å². The summed E-state index contributed by atoms with van der Waals surface area (Å²) in [6.45, 7) is 2.27. The van der Waals surface area contributed by atoms with Crippen molar-refractivity contribution < 1.29 is 4.74 Å². The maximum Gasteiger partial charge on any atom is 0.0601 e. The van der Waals surface area contributed by atoms with Gasteiger partial charge in [0.2, 0.25) is 0 Å². The maximum atomic E-state index is 5.31. The fraction of sp³-hybridized carbons (Fsp3) is 1.00. The Morgan fingerprint density at radius 1 is 1.33 bits per heavy atom. The van der Waals surface area contributed by atoms with E-state index in [0.717, 1.165) is 17.3 Å². The average molecular weight is 229 g/mol. The third-order valence-electron chi connectivity index (χ3n) is 3.71. The van der Waals surface area contributed by atoms with Gasteiger partial charge in [0.25, 0.3) is 0 Å². The van der Waals surface area contributed by atoms with Gasteiger partial charge in [0.05, 0.1) is 6.10 Å². The number of rotatable bonds is 5. The van der Waals surface area contributed by atoms with Gasteiger partial charge in [0.15, 0.2) is 0 Å². The van der Waals surface area contributed by atoms with Gasteiger partial charge in [-0.15, -0.1) is 0 Å². The van der Waals surface area contributed by atoms with E-state index in [1.54, 1.807) is 0 Å². The van der Waals surface area contributed by atoms with E-state index in [4.69, 9.17) is 4.74 Å². The molecule has 2 fully saturated rings. The van der Waals surface area contributed by atoms with Crippen LogP contribution < -0.4 is 5.32 Å². The lowest BCUT2D eigenvalue weighted by Crippen LogP contribution is -2.50. The van der Waals surface area contributed by atoms with Crippen molar-refractivity contribution in [2.75, 3.05) is 12.9 Å². The molecule has 0 radical (unpaired) electrons. The molecular weight excluding hydrogens is 206 g/mol. The zero-order chi connectivity index (χ0) is 10.7. The van der Waals surface area contributed by atoms with E-state index in [2.05, 4.69) is 24.0 Å². The normalized spacial score (nSPS) is 40.4. The fourth-order valence-electron chi connectivity index (χ4n) is 2.73. The molecule has 2 atom stereocenters. The van der Waals surface area contributed by atoms with E-state index in [0.29, 0.717) is 6.10 Å². The third-order valence-corrected chi connectivity index (χ3v) is 5.04. The molecule has 0 aromatic heterocycles. The fourth-order valence-corrected chi connectivity index (χ4v) is 3.94. The monoisotopic (exact) mass is 229 g/mol. The Kier molecular flexibility index (Phi) is 4.35. The largest absolute Gasteiger partial charge is 0.381 e. The summed E-state index contributed by atoms with van der Waals surface area (Å²) in [5.41, 5.74) is 0. The van der Waals surface area contributed by atoms with Crippen LogP contribution in [0.5, 0.6) is 0 Å². The molecule has 3 heteroatoms. The quantitative estimate of drug-likeness (QED) is 0.782. The maximum absolute atomic E-state index is 5.31. The van der Waals surface area contributed by atoms with Gasteiger partial charge >= 0.3 is 0 Å². The molecule has 2 aliphatic rings. The van der Waals surface area contributed by atoms with Gasteiger partial charge in [0.1, 0.15) is 0 Å². The van der Waals surface area contributed by atoms with E-state index in [1.165, 1.54) is 37.9 Å². The molecule has 0 aromatic rings. The molecule has 0 heterocycles. The minimum absolute atomic E-state index is 0.529. The average Bonchev–Trinajstić information content (AvgIpc) is 2.59. The van der Waals surface area contributed by atoms with Gasteiger partial charge in [-0.2, -0.15) is 11.8 Å². The molecule has 1 N–H and O–H groups in total. The van der Waals surface area contributed by atoms with Crippen LogP contribution in [0.4, 0.5) is 0 Å². The van der Waals surface area contributed by atoms with Crippen molar-refractivity contribution in [1.82, 2.24) is 5.32 Å². The Hall–Kier alpha value is 0.270. The van der Waals surface area contributed by atoms with Crippen LogP contribution in [0.15, 0.2) is 0 Å². The van der Waals surface area contributed by atoms with Crippen LogP contribution in [0, 0.1) is 0 Å². The molecule has 2 rings (SSSR count). The highest BCUT2D eigenvalue weighted by Gasteiger charge is 2.34. The highest BCUT2D eigenvalue weighted by molar-refractivity contribution is 7.99. The molecule has 2 saturated carbocycles. The summed E-state index contributed by atoms with van der Waals surface area (Å²) in [5, 5.41) is 4.69. The van der Waals surface area contributed by atoms with Crippen molar-refractivity contribution in [3.8, 4) is 0 Å². The molecule has 0 aliphatic heterocycles. The molecule has 0 spiro atoms. The summed E-state index contributed by atoms with van der Waals surface area (Å²) in [5.74, 6) is 1.26. The van der Waals surface area contributed by atoms with E-state index in [9.17, 15) is 0 Å². The summed E-state index contributed by atoms with van der Waals surface area (Å²) < 4.78 is 5.31. The minimum atomic E-state index is 0.529. The first-order chi connectivity index (χ1) is 7.33. The van der Waals surface area contributed by atoms with Crippen molar-refractivity contribution in [2.45, 2.75) is 62.5 Å². The van der Waals surface area contributed by atoms with Gasteiger partial charge in [-0.05, 0) is 31.4 Å². The topological polar surface area (TPSA) is 21.3 Å². The molecule has 2 aliphatic carbocycles. The molecule has 0 amide bonds. The number of ether oxygens (including phenoxy) is 1. The smallest absolute Gasteiger partial charge is 0.0601 e. The van der Waals surface area contributed by atoms with Gasteiger partial charge in [-0.1, -0.05) is 13.3 Å². The van der Waals surface area contributed by atoms with Gasteiger partial charge < -0.3 is 10.1 Å². The predicted molar refractivity (Wildman–Crippen MR) is 66.5 cm³/mol. The van der Waals surface area contributed by atoms with Crippen molar-refractivity contribution in [3.63, 3.8) is 0 Å². The molecule has 2 unspecified atom stereocenters. The molecule has 0 saturated heterocycles. The third kappa shape index (κ3) is 2.89. The zero-order valence-electron chi connectivity index (χ0n) is 9.87. The number of hydrogen-bond acceptors (Lipinski definition) is 3. The zero-order valence-corrected chi connectivity index (χ0v) is 10.7. The van der Waals surface area contributed by atoms with Crippen LogP contribution in [0.25, 0.3) is 0 Å². The lowest BCUT2D eigenvalue weighted by molar-refractivity contribution is 0.0146. The predicted octanol–water partition coefficient (Wildman–Crippen LogP) is 2.43. The van der Waals surface area contributed by atoms with Crippen molar-refractivity contribution in [1.29, 1.82) is 0 Å². The second kappa shape index (κ2) is 5.55. The number of methoxy groups -OCH3 is 1. The Balaban J connectivity index is 1.70. The summed E-state index contributed by atoms with van der Waals surface area (Å²) in [6, 6.07) is 1.51. The van der Waals surface area contributed by atoms with Crippen molar-refractivity contribution in [2.24, 2.45) is 0 Å². The van der Waals surface area contributed by atoms with Crippen LogP contribution in [-0.2, 0) is 4.74 Å². The van der Waals surface area contributed by atoms with Gasteiger partial charge in [-0.3, -0.25) is 0 Å². The summed E-state index contributed by atoms with van der Waals surface area (Å²) in [7, 11) is 1.83. The van der Waals surface area contributed by atoms with Crippen molar-refractivity contribution in [3.05, 3.63) is 0 Å². The standard InChI is InChI=1S/C12H23NOS/c1-3-15-12-6-4-5-11(12)13-9-7-10(8-9)14-2/h9-13H,3-8H2,1-2H3. The molecule has 0 aromatic carbocycles. The first-order valence-corrected chi connectivity index (χ1v) is 7.28. The number of thioether (sulfide) groups is 1. The summed E-state index contributed by atoms with van der Waals surface area (Å²) in [4.78, 5) is 0. The second-order valence-corrected chi connectivity index (χ2v) is 6.24. The molecule has 2 nitrogen and oxygen atoms in total. The van der Waals surface area contributed by atoms with Crippen LogP contribution in [0.1, 0.15) is 39.0 Å². The van der Waals surface area contributed by atoms with E-state index in [-0.39, 0.29) is 0 Å². The molecule has 88 valence electrons. The Labute approximate surface area is 97.5 Å². The summed E-state index contributed by atoms with van der Waals surface area (Å²) in [6.07, 6.45) is 7.17. The molecule has 0 bridgehead atoms. The number of hydrogen-bond donors (Lipinski definition) is 1. The minimum Gasteiger partial charge on any atom is -0.381 e. The van der Waals surface area contributed by atoms with Gasteiger partial charge in [-0.25, -0.2) is 0 Å². The lowest BCUT2D eigenvalue weighted by atomic mass is 9.88. The van der Waals surface area contributed by atoms with Crippen LogP contribution in [-0.4, -0.2) is 36.3 Å². The first kappa shape index (κ1) is 11.7. The highest BCUT2D eigenvalue weighted by atomic mass is 32.2. The van der Waals surface area contributed by atoms with Crippen LogP contribution >= 0.6 is 11.8 Å². The van der Waals surface area contributed by atoms with Crippen molar-refractivity contribution >= 4 is 11.8 Å². The SMILES string of the molecule is CCSC1CCCC1NC1CC(OC)C1. The summed E-state index contributed by atoms with van der Waals surface area (Å²) >= 11 is 2.14. The molecule has 15 heavy (non-hydrogen) atoms. The van der Waals surface area contributed by atoms with Crippen LogP contribution in [0.3, 0.4) is 0 Å². The molecular formula is C12H23NOS. The van der Waals surface area contributed by atoms with E-state index < -0.39 is 0 Å². The number of nitrogens with one attached hydrogen (secondary N) is 1. The Morgan fingerprint density at radius 3 is 2.80 bits per heavy atom. The Morgan fingerprint density at radius 2 is 2.13 bits per heavy atom. The Bertz CT molecular complexity index is 194. The van der Waals surface area contributed by atoms with Gasteiger partial charge in [0, 0.05) is 24.4 Å².